The van der Waals surface area contributed by atoms with Crippen molar-refractivity contribution in [2.75, 3.05) is 0 Å². The van der Waals surface area contributed by atoms with Gasteiger partial charge in [-0.1, -0.05) is 28.1 Å². The third-order valence-corrected chi connectivity index (χ3v) is 5.59. The quantitative estimate of drug-likeness (QED) is 0.425. The molecule has 2 aliphatic carbocycles. The summed E-state index contributed by atoms with van der Waals surface area (Å²) in [6.07, 6.45) is 6.55. The number of halogens is 1. The molecule has 0 fully saturated rings. The molecule has 3 aromatic rings. The first-order chi connectivity index (χ1) is 11.2. The molecule has 3 heteroatoms. The van der Waals surface area contributed by atoms with Gasteiger partial charge in [0.1, 0.15) is 0 Å². The summed E-state index contributed by atoms with van der Waals surface area (Å²) in [7, 11) is 2.11. The standard InChI is InChI=1S/C20H14BrNO/c1-22-16-5-3-2-4-13(16)19-17(22)9-8-14-18(19)12-7-6-11(21)10-15(12)20(14)23/h3,5-10H,2,4H2,1H3. The molecular formula is C20H14BrNO. The smallest absolute Gasteiger partial charge is 0.194 e. The van der Waals surface area contributed by atoms with E-state index in [9.17, 15) is 4.79 Å². The number of hydrogen-bond acceptors (Lipinski definition) is 1. The minimum Gasteiger partial charge on any atom is -0.344 e. The van der Waals surface area contributed by atoms with Crippen LogP contribution in [0.3, 0.4) is 0 Å². The highest BCUT2D eigenvalue weighted by Crippen LogP contribution is 2.45. The molecule has 0 bridgehead atoms. The van der Waals surface area contributed by atoms with Crippen molar-refractivity contribution in [3.05, 3.63) is 63.3 Å². The highest BCUT2D eigenvalue weighted by atomic mass is 79.9. The van der Waals surface area contributed by atoms with Gasteiger partial charge in [-0.05, 0) is 54.3 Å². The Balaban J connectivity index is 1.98. The molecule has 0 radical (unpaired) electrons. The minimum absolute atomic E-state index is 0.141. The Morgan fingerprint density at radius 3 is 2.78 bits per heavy atom. The average molecular weight is 364 g/mol. The molecule has 0 atom stereocenters. The zero-order chi connectivity index (χ0) is 15.7. The molecule has 2 nitrogen and oxygen atoms in total. The Morgan fingerprint density at radius 2 is 1.91 bits per heavy atom. The van der Waals surface area contributed by atoms with E-state index in [1.165, 1.54) is 22.2 Å². The minimum atomic E-state index is 0.141. The molecule has 112 valence electrons. The van der Waals surface area contributed by atoms with Crippen LogP contribution >= 0.6 is 15.9 Å². The van der Waals surface area contributed by atoms with E-state index in [2.05, 4.69) is 51.8 Å². The lowest BCUT2D eigenvalue weighted by Crippen LogP contribution is -1.96. The molecule has 23 heavy (non-hydrogen) atoms. The molecule has 0 amide bonds. The topological polar surface area (TPSA) is 22.0 Å². The number of rotatable bonds is 0. The second kappa shape index (κ2) is 4.45. The van der Waals surface area contributed by atoms with Gasteiger partial charge >= 0.3 is 0 Å². The van der Waals surface area contributed by atoms with Crippen LogP contribution in [0.5, 0.6) is 0 Å². The summed E-state index contributed by atoms with van der Waals surface area (Å²) in [5.74, 6) is 0.141. The fourth-order valence-electron chi connectivity index (χ4n) is 4.06. The summed E-state index contributed by atoms with van der Waals surface area (Å²) in [4.78, 5) is 12.8. The second-order valence-electron chi connectivity index (χ2n) is 6.27. The van der Waals surface area contributed by atoms with Gasteiger partial charge in [-0.2, -0.15) is 0 Å². The van der Waals surface area contributed by atoms with Crippen LogP contribution in [0.2, 0.25) is 0 Å². The Morgan fingerprint density at radius 1 is 1.09 bits per heavy atom. The fourth-order valence-corrected chi connectivity index (χ4v) is 4.42. The first kappa shape index (κ1) is 13.3. The predicted molar refractivity (Wildman–Crippen MR) is 96.8 cm³/mol. The zero-order valence-corrected chi connectivity index (χ0v) is 14.3. The van der Waals surface area contributed by atoms with Crippen molar-refractivity contribution >= 4 is 38.7 Å². The van der Waals surface area contributed by atoms with E-state index >= 15 is 0 Å². The van der Waals surface area contributed by atoms with E-state index in [0.29, 0.717) is 0 Å². The maximum Gasteiger partial charge on any atom is 0.194 e. The number of carbonyl (C=O) groups is 1. The molecule has 0 aliphatic heterocycles. The Bertz CT molecular complexity index is 1060. The van der Waals surface area contributed by atoms with Gasteiger partial charge in [0.25, 0.3) is 0 Å². The molecular weight excluding hydrogens is 350 g/mol. The molecule has 0 spiro atoms. The predicted octanol–water partition coefficient (Wildman–Crippen LogP) is 5.11. The lowest BCUT2D eigenvalue weighted by Gasteiger charge is -2.08. The number of ketones is 1. The van der Waals surface area contributed by atoms with E-state index < -0.39 is 0 Å². The molecule has 0 saturated heterocycles. The van der Waals surface area contributed by atoms with Crippen LogP contribution < -0.4 is 0 Å². The summed E-state index contributed by atoms with van der Waals surface area (Å²) in [5, 5.41) is 1.26. The van der Waals surface area contributed by atoms with Gasteiger partial charge in [-0.25, -0.2) is 0 Å². The SMILES string of the molecule is Cn1c2c(c3c4c(ccc31)C(=O)c1cc(Br)ccc1-4)CCC=C2. The molecule has 2 aliphatic rings. The third-order valence-electron chi connectivity index (χ3n) is 5.09. The van der Waals surface area contributed by atoms with Crippen LogP contribution in [-0.4, -0.2) is 10.4 Å². The maximum atomic E-state index is 12.8. The van der Waals surface area contributed by atoms with Gasteiger partial charge in [0, 0.05) is 44.8 Å². The fraction of sp³-hybridized carbons (Fsp3) is 0.150. The molecule has 1 heterocycles. The number of hydrogen-bond donors (Lipinski definition) is 0. The lowest BCUT2D eigenvalue weighted by molar-refractivity contribution is 0.104. The number of benzene rings is 2. The van der Waals surface area contributed by atoms with Gasteiger partial charge in [0.15, 0.2) is 5.78 Å². The van der Waals surface area contributed by atoms with Crippen LogP contribution in [0.25, 0.3) is 28.1 Å². The third kappa shape index (κ3) is 1.61. The maximum absolute atomic E-state index is 12.8. The van der Waals surface area contributed by atoms with E-state index in [0.717, 1.165) is 39.6 Å². The summed E-state index contributed by atoms with van der Waals surface area (Å²) in [6, 6.07) is 10.1. The zero-order valence-electron chi connectivity index (χ0n) is 12.7. The molecule has 5 rings (SSSR count). The number of aryl methyl sites for hydroxylation is 2. The van der Waals surface area contributed by atoms with E-state index in [-0.39, 0.29) is 5.78 Å². The van der Waals surface area contributed by atoms with Crippen molar-refractivity contribution in [2.24, 2.45) is 7.05 Å². The van der Waals surface area contributed by atoms with Crippen molar-refractivity contribution in [2.45, 2.75) is 12.8 Å². The first-order valence-electron chi connectivity index (χ1n) is 7.82. The van der Waals surface area contributed by atoms with Crippen molar-refractivity contribution in [3.63, 3.8) is 0 Å². The first-order valence-corrected chi connectivity index (χ1v) is 8.61. The Kier molecular flexibility index (Phi) is 2.58. The molecule has 1 aromatic heterocycles. The Labute approximate surface area is 142 Å². The normalized spacial score (nSPS) is 15.0. The lowest BCUT2D eigenvalue weighted by atomic mass is 9.94. The molecule has 0 N–H and O–H groups in total. The van der Waals surface area contributed by atoms with Crippen molar-refractivity contribution in [1.29, 1.82) is 0 Å². The second-order valence-corrected chi connectivity index (χ2v) is 7.18. The van der Waals surface area contributed by atoms with Crippen LogP contribution in [0, 0.1) is 0 Å². The van der Waals surface area contributed by atoms with Crippen LogP contribution in [0.1, 0.15) is 33.6 Å². The van der Waals surface area contributed by atoms with Crippen molar-refractivity contribution in [3.8, 4) is 11.1 Å². The van der Waals surface area contributed by atoms with E-state index in [1.807, 2.05) is 18.2 Å². The average Bonchev–Trinajstić information content (AvgIpc) is 3.02. The largest absolute Gasteiger partial charge is 0.344 e. The molecule has 0 unspecified atom stereocenters. The summed E-state index contributed by atoms with van der Waals surface area (Å²) in [5.41, 5.74) is 7.72. The van der Waals surface area contributed by atoms with Crippen LogP contribution in [-0.2, 0) is 13.5 Å². The highest BCUT2D eigenvalue weighted by molar-refractivity contribution is 9.10. The van der Waals surface area contributed by atoms with Gasteiger partial charge in [0.05, 0.1) is 0 Å². The van der Waals surface area contributed by atoms with Crippen molar-refractivity contribution in [1.82, 2.24) is 4.57 Å². The molecule has 2 aromatic carbocycles. The summed E-state index contributed by atoms with van der Waals surface area (Å²) < 4.78 is 3.20. The monoisotopic (exact) mass is 363 g/mol. The number of allylic oxidation sites excluding steroid dienone is 1. The van der Waals surface area contributed by atoms with Crippen LogP contribution in [0.4, 0.5) is 0 Å². The summed E-state index contributed by atoms with van der Waals surface area (Å²) in [6.45, 7) is 0. The van der Waals surface area contributed by atoms with Crippen LogP contribution in [0.15, 0.2) is 40.9 Å². The van der Waals surface area contributed by atoms with E-state index in [1.54, 1.807) is 0 Å². The van der Waals surface area contributed by atoms with E-state index in [4.69, 9.17) is 0 Å². The highest BCUT2D eigenvalue weighted by Gasteiger charge is 2.31. The molecule has 0 saturated carbocycles. The van der Waals surface area contributed by atoms with Crippen molar-refractivity contribution < 1.29 is 4.79 Å². The van der Waals surface area contributed by atoms with Gasteiger partial charge in [-0.15, -0.1) is 0 Å². The van der Waals surface area contributed by atoms with Gasteiger partial charge in [0.2, 0.25) is 0 Å². The number of fused-ring (bicyclic) bond motifs is 7. The summed E-state index contributed by atoms with van der Waals surface area (Å²) >= 11 is 3.49. The van der Waals surface area contributed by atoms with Gasteiger partial charge < -0.3 is 4.57 Å². The van der Waals surface area contributed by atoms with Gasteiger partial charge in [-0.3, -0.25) is 4.79 Å². The number of nitrogens with zero attached hydrogens (tertiary/aromatic N) is 1. The Hall–Kier alpha value is -2.13. The number of aromatic nitrogens is 1. The number of carbonyl (C=O) groups excluding carboxylic acids is 1.